The lowest BCUT2D eigenvalue weighted by molar-refractivity contribution is 0.0708. The molecule has 1 amide bonds. The van der Waals surface area contributed by atoms with E-state index in [1.807, 2.05) is 10.9 Å². The van der Waals surface area contributed by atoms with Crippen LogP contribution in [-0.4, -0.2) is 33.7 Å². The Kier molecular flexibility index (Phi) is 4.75. The molecule has 1 aromatic heterocycles. The van der Waals surface area contributed by atoms with Gasteiger partial charge in [-0.05, 0) is 55.5 Å². The van der Waals surface area contributed by atoms with Crippen LogP contribution in [0, 0.1) is 12.7 Å². The van der Waals surface area contributed by atoms with Crippen molar-refractivity contribution < 1.29 is 9.18 Å². The van der Waals surface area contributed by atoms with Gasteiger partial charge in [0.05, 0.1) is 17.4 Å². The second-order valence-electron chi connectivity index (χ2n) is 7.10. The summed E-state index contributed by atoms with van der Waals surface area (Å²) in [7, 11) is 0. The molecule has 138 valence electrons. The Morgan fingerprint density at radius 1 is 1.07 bits per heavy atom. The van der Waals surface area contributed by atoms with Gasteiger partial charge in [-0.15, -0.1) is 0 Å². The van der Waals surface area contributed by atoms with Crippen molar-refractivity contribution in [1.29, 1.82) is 0 Å². The summed E-state index contributed by atoms with van der Waals surface area (Å²) in [6.07, 6.45) is 5.71. The monoisotopic (exact) mass is 363 g/mol. The molecule has 1 aliphatic rings. The molecule has 4 nitrogen and oxygen atoms in total. The van der Waals surface area contributed by atoms with Gasteiger partial charge < -0.3 is 4.90 Å². The largest absolute Gasteiger partial charge is 0.339 e. The van der Waals surface area contributed by atoms with E-state index in [-0.39, 0.29) is 11.5 Å². The van der Waals surface area contributed by atoms with Crippen LogP contribution >= 0.6 is 0 Å². The van der Waals surface area contributed by atoms with Gasteiger partial charge >= 0.3 is 0 Å². The molecule has 5 heteroatoms. The Hall–Kier alpha value is -2.95. The van der Waals surface area contributed by atoms with Gasteiger partial charge in [0, 0.05) is 19.3 Å². The molecule has 1 aliphatic heterocycles. The third-order valence-electron chi connectivity index (χ3n) is 5.26. The fraction of sp³-hybridized carbons (Fsp3) is 0.273. The number of likely N-dealkylation sites (tertiary alicyclic amines) is 1. The van der Waals surface area contributed by atoms with Gasteiger partial charge in [0.15, 0.2) is 0 Å². The normalized spacial score (nSPS) is 15.1. The number of nitrogens with zero attached hydrogens (tertiary/aromatic N) is 3. The number of carbonyl (C=O) groups excluding carboxylic acids is 1. The Morgan fingerprint density at radius 3 is 2.48 bits per heavy atom. The van der Waals surface area contributed by atoms with E-state index >= 15 is 0 Å². The minimum Gasteiger partial charge on any atom is -0.339 e. The molecule has 0 saturated carbocycles. The van der Waals surface area contributed by atoms with Gasteiger partial charge in [0.2, 0.25) is 0 Å². The molecule has 0 bridgehead atoms. The topological polar surface area (TPSA) is 38.1 Å². The fourth-order valence-electron chi connectivity index (χ4n) is 3.61. The van der Waals surface area contributed by atoms with Crippen LogP contribution in [0.4, 0.5) is 4.39 Å². The average molecular weight is 363 g/mol. The van der Waals surface area contributed by atoms with Gasteiger partial charge in [0.25, 0.3) is 5.91 Å². The summed E-state index contributed by atoms with van der Waals surface area (Å²) in [6.45, 7) is 3.33. The second kappa shape index (κ2) is 7.35. The standard InChI is InChI=1S/C22H22FN3O/c1-16-6-8-19(9-7-16)26-15-18(14-24-26)17-10-12-25(13-11-17)22(27)20-4-2-3-5-21(20)23/h2-9,14-15,17H,10-13H2,1H3. The van der Waals surface area contributed by atoms with E-state index in [0.717, 1.165) is 18.5 Å². The number of aryl methyl sites for hydroxylation is 1. The molecule has 3 aromatic rings. The predicted octanol–water partition coefficient (Wildman–Crippen LogP) is 4.34. The smallest absolute Gasteiger partial charge is 0.256 e. The summed E-state index contributed by atoms with van der Waals surface area (Å²) >= 11 is 0. The minimum atomic E-state index is -0.455. The molecule has 0 N–H and O–H groups in total. The quantitative estimate of drug-likeness (QED) is 0.694. The zero-order chi connectivity index (χ0) is 18.8. The van der Waals surface area contributed by atoms with Crippen LogP contribution in [0.3, 0.4) is 0 Å². The van der Waals surface area contributed by atoms with Crippen molar-refractivity contribution in [2.75, 3.05) is 13.1 Å². The number of piperidine rings is 1. The van der Waals surface area contributed by atoms with Gasteiger partial charge in [-0.3, -0.25) is 4.79 Å². The zero-order valence-corrected chi connectivity index (χ0v) is 15.3. The maximum atomic E-state index is 13.9. The highest BCUT2D eigenvalue weighted by molar-refractivity contribution is 5.94. The fourth-order valence-corrected chi connectivity index (χ4v) is 3.61. The van der Waals surface area contributed by atoms with Crippen molar-refractivity contribution in [2.24, 2.45) is 0 Å². The Labute approximate surface area is 158 Å². The van der Waals surface area contributed by atoms with E-state index < -0.39 is 5.82 Å². The molecular weight excluding hydrogens is 341 g/mol. The predicted molar refractivity (Wildman–Crippen MR) is 103 cm³/mol. The molecule has 2 aromatic carbocycles. The molecule has 1 saturated heterocycles. The number of aromatic nitrogens is 2. The van der Waals surface area contributed by atoms with Crippen LogP contribution in [0.25, 0.3) is 5.69 Å². The van der Waals surface area contributed by atoms with Crippen molar-refractivity contribution in [3.8, 4) is 5.69 Å². The van der Waals surface area contributed by atoms with E-state index in [1.165, 1.54) is 17.2 Å². The summed E-state index contributed by atoms with van der Waals surface area (Å²) in [5, 5.41) is 4.49. The lowest BCUT2D eigenvalue weighted by Gasteiger charge is -2.31. The van der Waals surface area contributed by atoms with Gasteiger partial charge in [0.1, 0.15) is 5.82 Å². The molecule has 4 rings (SSSR count). The summed E-state index contributed by atoms with van der Waals surface area (Å²) in [5.74, 6) is -0.306. The van der Waals surface area contributed by atoms with Crippen LogP contribution in [0.2, 0.25) is 0 Å². The van der Waals surface area contributed by atoms with Crippen molar-refractivity contribution in [3.05, 3.63) is 83.4 Å². The minimum absolute atomic E-state index is 0.156. The van der Waals surface area contributed by atoms with Gasteiger partial charge in [-0.2, -0.15) is 5.10 Å². The zero-order valence-electron chi connectivity index (χ0n) is 15.3. The van der Waals surface area contributed by atoms with Crippen LogP contribution in [0.15, 0.2) is 60.9 Å². The van der Waals surface area contributed by atoms with E-state index in [1.54, 1.807) is 23.1 Å². The lowest BCUT2D eigenvalue weighted by Crippen LogP contribution is -2.38. The number of hydrogen-bond acceptors (Lipinski definition) is 2. The Morgan fingerprint density at radius 2 is 1.78 bits per heavy atom. The molecule has 2 heterocycles. The third-order valence-corrected chi connectivity index (χ3v) is 5.26. The number of halogens is 1. The summed E-state index contributed by atoms with van der Waals surface area (Å²) in [4.78, 5) is 14.3. The second-order valence-corrected chi connectivity index (χ2v) is 7.10. The van der Waals surface area contributed by atoms with Crippen molar-refractivity contribution in [3.63, 3.8) is 0 Å². The molecule has 0 atom stereocenters. The van der Waals surface area contributed by atoms with Crippen LogP contribution in [0.5, 0.6) is 0 Å². The number of rotatable bonds is 3. The van der Waals surface area contributed by atoms with E-state index in [0.29, 0.717) is 19.0 Å². The highest BCUT2D eigenvalue weighted by Crippen LogP contribution is 2.29. The summed E-state index contributed by atoms with van der Waals surface area (Å²) in [6, 6.07) is 14.4. The molecule has 0 radical (unpaired) electrons. The maximum Gasteiger partial charge on any atom is 0.256 e. The molecule has 0 unspecified atom stereocenters. The first kappa shape index (κ1) is 17.5. The number of carbonyl (C=O) groups is 1. The average Bonchev–Trinajstić information content (AvgIpc) is 3.19. The van der Waals surface area contributed by atoms with E-state index in [9.17, 15) is 9.18 Å². The number of benzene rings is 2. The van der Waals surface area contributed by atoms with Crippen molar-refractivity contribution in [1.82, 2.24) is 14.7 Å². The molecule has 0 spiro atoms. The van der Waals surface area contributed by atoms with Crippen LogP contribution < -0.4 is 0 Å². The van der Waals surface area contributed by atoms with Crippen molar-refractivity contribution in [2.45, 2.75) is 25.7 Å². The maximum absolute atomic E-state index is 13.9. The SMILES string of the molecule is Cc1ccc(-n2cc(C3CCN(C(=O)c4ccccc4F)CC3)cn2)cc1. The van der Waals surface area contributed by atoms with Gasteiger partial charge in [-0.1, -0.05) is 29.8 Å². The van der Waals surface area contributed by atoms with E-state index in [2.05, 4.69) is 42.5 Å². The van der Waals surface area contributed by atoms with E-state index in [4.69, 9.17) is 0 Å². The highest BCUT2D eigenvalue weighted by atomic mass is 19.1. The molecular formula is C22H22FN3O. The Bertz CT molecular complexity index is 940. The summed E-state index contributed by atoms with van der Waals surface area (Å²) in [5.41, 5.74) is 3.61. The molecule has 27 heavy (non-hydrogen) atoms. The molecule has 0 aliphatic carbocycles. The molecule has 1 fully saturated rings. The first-order valence-electron chi connectivity index (χ1n) is 9.27. The number of hydrogen-bond donors (Lipinski definition) is 0. The Balaban J connectivity index is 1.42. The first-order chi connectivity index (χ1) is 13.1. The van der Waals surface area contributed by atoms with Gasteiger partial charge in [-0.25, -0.2) is 9.07 Å². The van der Waals surface area contributed by atoms with Crippen molar-refractivity contribution >= 4 is 5.91 Å². The van der Waals surface area contributed by atoms with Crippen LogP contribution in [0.1, 0.15) is 40.2 Å². The summed E-state index contributed by atoms with van der Waals surface area (Å²) < 4.78 is 15.8. The lowest BCUT2D eigenvalue weighted by atomic mass is 9.91. The van der Waals surface area contributed by atoms with Crippen LogP contribution in [-0.2, 0) is 0 Å². The first-order valence-corrected chi connectivity index (χ1v) is 9.27. The third kappa shape index (κ3) is 3.63. The highest BCUT2D eigenvalue weighted by Gasteiger charge is 2.26. The number of amides is 1.